The Morgan fingerprint density at radius 2 is 1.30 bits per heavy atom. The van der Waals surface area contributed by atoms with Crippen LogP contribution in [0.25, 0.3) is 0 Å². The highest BCUT2D eigenvalue weighted by atomic mass is 19.4. The van der Waals surface area contributed by atoms with Crippen LogP contribution < -0.4 is 0 Å². The second-order valence-corrected chi connectivity index (χ2v) is 8.39. The van der Waals surface area contributed by atoms with Crippen molar-refractivity contribution in [2.75, 3.05) is 6.61 Å². The van der Waals surface area contributed by atoms with Gasteiger partial charge in [-0.2, -0.15) is 43.9 Å². The van der Waals surface area contributed by atoms with Crippen molar-refractivity contribution in [1.29, 1.82) is 0 Å². The number of rotatable bonds is 5. The molecule has 0 N–H and O–H groups in total. The molecule has 0 aromatic carbocycles. The summed E-state index contributed by atoms with van der Waals surface area (Å²) in [5.41, 5.74) is -4.67. The van der Waals surface area contributed by atoms with Gasteiger partial charge in [0.05, 0.1) is 6.61 Å². The van der Waals surface area contributed by atoms with Crippen molar-refractivity contribution in [3.8, 4) is 0 Å². The molecule has 1 aliphatic rings. The lowest BCUT2D eigenvalue weighted by Gasteiger charge is -2.46. The van der Waals surface area contributed by atoms with Crippen LogP contribution in [0.5, 0.6) is 0 Å². The number of hydrogen-bond acceptors (Lipinski definition) is 2. The number of hydrogen-bond donors (Lipinski definition) is 0. The van der Waals surface area contributed by atoms with Gasteiger partial charge in [0.25, 0.3) is 5.92 Å². The zero-order valence-electron chi connectivity index (χ0n) is 16.3. The molecule has 1 aliphatic heterocycles. The Kier molecular flexibility index (Phi) is 6.36. The molecule has 2 atom stereocenters. The molecule has 0 aromatic rings. The normalized spacial score (nSPS) is 28.9. The Labute approximate surface area is 163 Å². The van der Waals surface area contributed by atoms with Crippen LogP contribution in [-0.4, -0.2) is 48.6 Å². The highest BCUT2D eigenvalue weighted by Gasteiger charge is 2.89. The highest BCUT2D eigenvalue weighted by molar-refractivity contribution is 5.09. The summed E-state index contributed by atoms with van der Waals surface area (Å²) in [6.45, 7) is 2.56. The van der Waals surface area contributed by atoms with Crippen LogP contribution in [0.1, 0.15) is 41.0 Å². The molecule has 1 fully saturated rings. The highest BCUT2D eigenvalue weighted by Crippen LogP contribution is 2.61. The lowest BCUT2D eigenvalue weighted by molar-refractivity contribution is -0.486. The Morgan fingerprint density at radius 3 is 1.67 bits per heavy atom. The van der Waals surface area contributed by atoms with Crippen molar-refractivity contribution in [3.63, 3.8) is 0 Å². The summed E-state index contributed by atoms with van der Waals surface area (Å²) in [7, 11) is 0. The largest absolute Gasteiger partial charge is 0.460 e. The third kappa shape index (κ3) is 3.65. The van der Waals surface area contributed by atoms with Crippen molar-refractivity contribution in [2.45, 2.75) is 83.1 Å². The molecule has 0 amide bonds. The van der Waals surface area contributed by atoms with E-state index in [0.29, 0.717) is 13.8 Å². The van der Waals surface area contributed by atoms with Crippen molar-refractivity contribution in [1.82, 2.24) is 0 Å². The Bertz CT molecular complexity index is 641. The minimum Gasteiger partial charge on any atom is -0.324 e. The Balaban J connectivity index is 3.80. The topological polar surface area (TPSA) is 18.5 Å². The molecule has 0 aliphatic carbocycles. The third-order valence-corrected chi connectivity index (χ3v) is 5.26. The molecular formula is C16H20F12O2. The fourth-order valence-corrected chi connectivity index (χ4v) is 2.63. The predicted molar refractivity (Wildman–Crippen MR) is 78.4 cm³/mol. The zero-order valence-corrected chi connectivity index (χ0v) is 16.3. The fraction of sp³-hybridized carbons (Fsp3) is 1.00. The van der Waals surface area contributed by atoms with E-state index in [2.05, 4.69) is 9.47 Å². The quantitative estimate of drug-likeness (QED) is 0.421. The van der Waals surface area contributed by atoms with Gasteiger partial charge in [-0.05, 0) is 6.42 Å². The van der Waals surface area contributed by atoms with Crippen LogP contribution in [0.2, 0.25) is 0 Å². The third-order valence-electron chi connectivity index (χ3n) is 5.26. The summed E-state index contributed by atoms with van der Waals surface area (Å²) in [5, 5.41) is 0. The first-order valence-electron chi connectivity index (χ1n) is 8.44. The minimum atomic E-state index is -7.42. The molecule has 180 valence electrons. The number of halogens is 12. The van der Waals surface area contributed by atoms with Gasteiger partial charge < -0.3 is 9.47 Å². The molecule has 0 saturated carbocycles. The predicted octanol–water partition coefficient (Wildman–Crippen LogP) is 6.59. The van der Waals surface area contributed by atoms with Crippen LogP contribution in [0.15, 0.2) is 0 Å². The van der Waals surface area contributed by atoms with E-state index in [1.807, 2.05) is 0 Å². The monoisotopic (exact) mass is 472 g/mol. The molecule has 1 saturated heterocycles. The van der Waals surface area contributed by atoms with Crippen LogP contribution >= 0.6 is 0 Å². The van der Waals surface area contributed by atoms with E-state index in [1.165, 1.54) is 0 Å². The molecule has 0 aromatic heterocycles. The van der Waals surface area contributed by atoms with E-state index in [4.69, 9.17) is 0 Å². The van der Waals surface area contributed by atoms with Gasteiger partial charge in [0.2, 0.25) is 0 Å². The average Bonchev–Trinajstić information content (AvgIpc) is 2.62. The van der Waals surface area contributed by atoms with Crippen LogP contribution in [0.3, 0.4) is 0 Å². The molecule has 2 unspecified atom stereocenters. The van der Waals surface area contributed by atoms with E-state index in [0.717, 1.165) is 20.8 Å². The summed E-state index contributed by atoms with van der Waals surface area (Å²) >= 11 is 0. The average molecular weight is 472 g/mol. The van der Waals surface area contributed by atoms with E-state index < -0.39 is 65.9 Å². The molecule has 1 heterocycles. The van der Waals surface area contributed by atoms with Gasteiger partial charge in [-0.1, -0.05) is 34.6 Å². The van der Waals surface area contributed by atoms with E-state index in [-0.39, 0.29) is 0 Å². The van der Waals surface area contributed by atoms with Crippen molar-refractivity contribution >= 4 is 0 Å². The summed E-state index contributed by atoms with van der Waals surface area (Å²) in [5.74, 6) is -25.8. The van der Waals surface area contributed by atoms with Gasteiger partial charge in [0.1, 0.15) is 6.10 Å². The molecule has 0 spiro atoms. The van der Waals surface area contributed by atoms with Crippen molar-refractivity contribution in [2.24, 2.45) is 10.8 Å². The fourth-order valence-electron chi connectivity index (χ4n) is 2.63. The zero-order chi connectivity index (χ0) is 24.4. The number of alkyl halides is 12. The molecule has 30 heavy (non-hydrogen) atoms. The Morgan fingerprint density at radius 1 is 0.867 bits per heavy atom. The first-order chi connectivity index (χ1) is 12.9. The second-order valence-electron chi connectivity index (χ2n) is 8.39. The van der Waals surface area contributed by atoms with Crippen LogP contribution in [0, 0.1) is 10.8 Å². The van der Waals surface area contributed by atoms with Gasteiger partial charge >= 0.3 is 30.0 Å². The Hall–Kier alpha value is -0.920. The SMILES string of the molecule is CCC(C)(C)C(F)(F)C1OC(F)(C(F)(F)C(F)(F)C(F)(F)F)C(F)(F)OCC1(C)C. The van der Waals surface area contributed by atoms with Gasteiger partial charge in [-0.3, -0.25) is 0 Å². The van der Waals surface area contributed by atoms with Gasteiger partial charge in [-0.15, -0.1) is 0 Å². The van der Waals surface area contributed by atoms with E-state index in [1.54, 1.807) is 0 Å². The summed E-state index contributed by atoms with van der Waals surface area (Å²) in [6.07, 6.45) is -17.1. The van der Waals surface area contributed by atoms with Gasteiger partial charge in [-0.25, -0.2) is 8.78 Å². The maximum absolute atomic E-state index is 15.0. The van der Waals surface area contributed by atoms with Crippen LogP contribution in [-0.2, 0) is 9.47 Å². The summed E-state index contributed by atoms with van der Waals surface area (Å²) < 4.78 is 172. The van der Waals surface area contributed by atoms with Gasteiger partial charge in [0.15, 0.2) is 0 Å². The lowest BCUT2D eigenvalue weighted by Crippen LogP contribution is -2.71. The lowest BCUT2D eigenvalue weighted by atomic mass is 9.72. The van der Waals surface area contributed by atoms with Crippen molar-refractivity contribution < 1.29 is 62.2 Å². The smallest absolute Gasteiger partial charge is 0.324 e. The maximum atomic E-state index is 15.0. The van der Waals surface area contributed by atoms with Gasteiger partial charge in [0, 0.05) is 10.8 Å². The van der Waals surface area contributed by atoms with Crippen LogP contribution in [0.4, 0.5) is 52.7 Å². The standard InChI is InChI=1S/C16H20F12O2/c1-6-10(4,5)11(17,18)8-9(2,3)7-29-16(27,28)14(23,30-8)12(19,20)13(21,22)15(24,25)26/h8H,6-7H2,1-5H3. The van der Waals surface area contributed by atoms with E-state index in [9.17, 15) is 43.9 Å². The molecule has 14 heteroatoms. The van der Waals surface area contributed by atoms with E-state index >= 15 is 8.78 Å². The molecule has 0 bridgehead atoms. The molecule has 0 radical (unpaired) electrons. The maximum Gasteiger partial charge on any atom is 0.460 e. The number of ether oxygens (including phenoxy) is 2. The van der Waals surface area contributed by atoms with Crippen molar-refractivity contribution in [3.05, 3.63) is 0 Å². The summed E-state index contributed by atoms with van der Waals surface area (Å²) in [6, 6.07) is 0. The minimum absolute atomic E-state index is 0.457. The molecule has 1 rings (SSSR count). The first-order valence-corrected chi connectivity index (χ1v) is 8.44. The second kappa shape index (κ2) is 7.04. The molecular weight excluding hydrogens is 452 g/mol. The molecule has 2 nitrogen and oxygen atoms in total. The first kappa shape index (κ1) is 27.1. The summed E-state index contributed by atoms with van der Waals surface area (Å²) in [4.78, 5) is 0.